The lowest BCUT2D eigenvalue weighted by atomic mass is 9.97. The zero-order valence-electron chi connectivity index (χ0n) is 13.5. The van der Waals surface area contributed by atoms with Gasteiger partial charge in [-0.05, 0) is 37.1 Å². The molecule has 2 N–H and O–H groups in total. The van der Waals surface area contributed by atoms with Crippen molar-refractivity contribution >= 4 is 44.7 Å². The number of benzene rings is 1. The van der Waals surface area contributed by atoms with Gasteiger partial charge >= 0.3 is 0 Å². The van der Waals surface area contributed by atoms with Gasteiger partial charge in [0.05, 0.1) is 25.9 Å². The first-order valence-corrected chi connectivity index (χ1v) is 9.79. The molecule has 2 aromatic heterocycles. The van der Waals surface area contributed by atoms with Crippen LogP contribution >= 0.6 is 22.7 Å². The topological polar surface area (TPSA) is 76.3 Å². The first-order chi connectivity index (χ1) is 12.1. The van der Waals surface area contributed by atoms with Gasteiger partial charge in [0.25, 0.3) is 5.91 Å². The Kier molecular flexibility index (Phi) is 4.27. The highest BCUT2D eigenvalue weighted by atomic mass is 32.1. The van der Waals surface area contributed by atoms with Crippen LogP contribution in [0.15, 0.2) is 36.4 Å². The maximum absolute atomic E-state index is 12.8. The molecule has 2 amide bonds. The molecular weight excluding hydrogens is 354 g/mol. The zero-order valence-corrected chi connectivity index (χ0v) is 15.1. The Hall–Kier alpha value is -2.25. The van der Waals surface area contributed by atoms with E-state index in [1.165, 1.54) is 11.3 Å². The summed E-state index contributed by atoms with van der Waals surface area (Å²) in [4.78, 5) is 32.2. The molecule has 3 heterocycles. The summed E-state index contributed by atoms with van der Waals surface area (Å²) in [6, 6.07) is 11.8. The van der Waals surface area contributed by atoms with E-state index in [1.54, 1.807) is 16.2 Å². The number of thiophene rings is 1. The summed E-state index contributed by atoms with van der Waals surface area (Å²) in [5, 5.41) is 0.930. The molecule has 0 radical (unpaired) electrons. The van der Waals surface area contributed by atoms with E-state index in [-0.39, 0.29) is 17.7 Å². The highest BCUT2D eigenvalue weighted by Crippen LogP contribution is 2.35. The lowest BCUT2D eigenvalue weighted by Crippen LogP contribution is -2.43. The maximum Gasteiger partial charge on any atom is 0.263 e. The quantitative estimate of drug-likeness (QED) is 0.767. The van der Waals surface area contributed by atoms with Crippen molar-refractivity contribution in [1.29, 1.82) is 0 Å². The van der Waals surface area contributed by atoms with E-state index >= 15 is 0 Å². The molecule has 128 valence electrons. The van der Waals surface area contributed by atoms with E-state index in [4.69, 9.17) is 5.73 Å². The smallest absolute Gasteiger partial charge is 0.263 e. The van der Waals surface area contributed by atoms with E-state index in [2.05, 4.69) is 4.98 Å². The second kappa shape index (κ2) is 6.57. The van der Waals surface area contributed by atoms with Gasteiger partial charge in [0, 0.05) is 13.1 Å². The Balaban J connectivity index is 1.56. The van der Waals surface area contributed by atoms with Crippen molar-refractivity contribution in [2.24, 2.45) is 11.7 Å². The van der Waals surface area contributed by atoms with Crippen molar-refractivity contribution in [3.05, 3.63) is 41.3 Å². The van der Waals surface area contributed by atoms with Crippen LogP contribution in [0.4, 0.5) is 0 Å². The van der Waals surface area contributed by atoms with Crippen molar-refractivity contribution < 1.29 is 9.59 Å². The van der Waals surface area contributed by atoms with Gasteiger partial charge in [-0.2, -0.15) is 0 Å². The molecule has 1 fully saturated rings. The molecule has 1 saturated heterocycles. The highest BCUT2D eigenvalue weighted by Gasteiger charge is 2.28. The summed E-state index contributed by atoms with van der Waals surface area (Å²) < 4.78 is 1.14. The molecule has 0 unspecified atom stereocenters. The van der Waals surface area contributed by atoms with Crippen molar-refractivity contribution in [3.8, 4) is 9.88 Å². The van der Waals surface area contributed by atoms with Crippen LogP contribution in [0.25, 0.3) is 20.1 Å². The third-order valence-corrected chi connectivity index (χ3v) is 6.71. The number of nitrogens with zero attached hydrogens (tertiary/aromatic N) is 2. The summed E-state index contributed by atoms with van der Waals surface area (Å²) >= 11 is 3.08. The minimum atomic E-state index is -0.321. The minimum absolute atomic E-state index is 0.0247. The molecule has 1 aliphatic rings. The van der Waals surface area contributed by atoms with Gasteiger partial charge in [-0.1, -0.05) is 12.1 Å². The summed E-state index contributed by atoms with van der Waals surface area (Å²) in [5.41, 5.74) is 6.38. The molecule has 0 bridgehead atoms. The summed E-state index contributed by atoms with van der Waals surface area (Å²) in [7, 11) is 0. The number of carbonyl (C=O) groups excluding carboxylic acids is 2. The Labute approximate surface area is 153 Å². The number of likely N-dealkylation sites (tertiary alicyclic amines) is 1. The van der Waals surface area contributed by atoms with Crippen LogP contribution in [0, 0.1) is 5.92 Å². The van der Waals surface area contributed by atoms with Crippen molar-refractivity contribution in [2.45, 2.75) is 12.8 Å². The van der Waals surface area contributed by atoms with Gasteiger partial charge in [0.1, 0.15) is 5.01 Å². The van der Waals surface area contributed by atoms with E-state index < -0.39 is 0 Å². The molecule has 4 rings (SSSR count). The SMILES string of the molecule is NC(=O)[C@H]1CCCN(C(=O)c2ccc(-c3nc4ccccc4s3)s2)C1. The average Bonchev–Trinajstić information content (AvgIpc) is 3.27. The van der Waals surface area contributed by atoms with Crippen LogP contribution in [-0.2, 0) is 4.79 Å². The fourth-order valence-corrected chi connectivity index (χ4v) is 5.09. The lowest BCUT2D eigenvalue weighted by Gasteiger charge is -2.30. The fraction of sp³-hybridized carbons (Fsp3) is 0.278. The van der Waals surface area contributed by atoms with Crippen molar-refractivity contribution in [3.63, 3.8) is 0 Å². The van der Waals surface area contributed by atoms with E-state index in [0.29, 0.717) is 18.0 Å². The number of aromatic nitrogens is 1. The number of hydrogen-bond donors (Lipinski definition) is 1. The van der Waals surface area contributed by atoms with Crippen LogP contribution in [-0.4, -0.2) is 34.8 Å². The fourth-order valence-electron chi connectivity index (χ4n) is 3.10. The number of rotatable bonds is 3. The molecule has 0 saturated carbocycles. The van der Waals surface area contributed by atoms with E-state index in [0.717, 1.165) is 32.9 Å². The second-order valence-electron chi connectivity index (χ2n) is 6.14. The molecule has 1 atom stereocenters. The Morgan fingerprint density at radius 2 is 2.00 bits per heavy atom. The number of piperidine rings is 1. The number of primary amides is 1. The van der Waals surface area contributed by atoms with Crippen molar-refractivity contribution in [1.82, 2.24) is 9.88 Å². The third-order valence-electron chi connectivity index (χ3n) is 4.43. The van der Waals surface area contributed by atoms with Gasteiger partial charge in [-0.3, -0.25) is 9.59 Å². The van der Waals surface area contributed by atoms with Gasteiger partial charge in [0.15, 0.2) is 0 Å². The Bertz CT molecular complexity index is 914. The van der Waals surface area contributed by atoms with Gasteiger partial charge in [-0.15, -0.1) is 22.7 Å². The largest absolute Gasteiger partial charge is 0.369 e. The number of thiazole rings is 1. The monoisotopic (exact) mass is 371 g/mol. The number of fused-ring (bicyclic) bond motifs is 1. The molecule has 25 heavy (non-hydrogen) atoms. The maximum atomic E-state index is 12.8. The summed E-state index contributed by atoms with van der Waals surface area (Å²) in [6.45, 7) is 1.10. The molecule has 7 heteroatoms. The number of amides is 2. The summed E-state index contributed by atoms with van der Waals surface area (Å²) in [6.07, 6.45) is 1.58. The molecule has 1 aliphatic heterocycles. The first kappa shape index (κ1) is 16.2. The van der Waals surface area contributed by atoms with Crippen LogP contribution < -0.4 is 5.73 Å². The standard InChI is InChI=1S/C18H17N3O2S2/c19-16(22)11-4-3-9-21(10-11)18(23)15-8-7-14(24-15)17-20-12-5-1-2-6-13(12)25-17/h1-2,5-8,11H,3-4,9-10H2,(H2,19,22)/t11-/m0/s1. The third kappa shape index (κ3) is 3.17. The van der Waals surface area contributed by atoms with Gasteiger partial charge in [0.2, 0.25) is 5.91 Å². The minimum Gasteiger partial charge on any atom is -0.369 e. The van der Waals surface area contributed by atoms with E-state index in [9.17, 15) is 9.59 Å². The number of carbonyl (C=O) groups is 2. The predicted molar refractivity (Wildman–Crippen MR) is 101 cm³/mol. The van der Waals surface area contributed by atoms with E-state index in [1.807, 2.05) is 36.4 Å². The molecule has 3 aromatic rings. The van der Waals surface area contributed by atoms with Crippen molar-refractivity contribution in [2.75, 3.05) is 13.1 Å². The van der Waals surface area contributed by atoms with Crippen LogP contribution in [0.3, 0.4) is 0 Å². The summed E-state index contributed by atoms with van der Waals surface area (Å²) in [5.74, 6) is -0.580. The Morgan fingerprint density at radius 3 is 2.80 bits per heavy atom. The molecule has 5 nitrogen and oxygen atoms in total. The number of nitrogens with two attached hydrogens (primary N) is 1. The average molecular weight is 371 g/mol. The highest BCUT2D eigenvalue weighted by molar-refractivity contribution is 7.26. The number of para-hydroxylation sites is 1. The molecule has 0 spiro atoms. The molecular formula is C18H17N3O2S2. The molecule has 1 aromatic carbocycles. The number of hydrogen-bond acceptors (Lipinski definition) is 5. The first-order valence-electron chi connectivity index (χ1n) is 8.16. The van der Waals surface area contributed by atoms with Crippen LogP contribution in [0.5, 0.6) is 0 Å². The van der Waals surface area contributed by atoms with Gasteiger partial charge in [-0.25, -0.2) is 4.98 Å². The normalized spacial score (nSPS) is 17.8. The molecule has 0 aliphatic carbocycles. The second-order valence-corrected chi connectivity index (χ2v) is 8.26. The van der Waals surface area contributed by atoms with Crippen LogP contribution in [0.2, 0.25) is 0 Å². The Morgan fingerprint density at radius 1 is 1.16 bits per heavy atom. The zero-order chi connectivity index (χ0) is 17.4. The van der Waals surface area contributed by atoms with Crippen LogP contribution in [0.1, 0.15) is 22.5 Å². The van der Waals surface area contributed by atoms with Gasteiger partial charge < -0.3 is 10.6 Å². The predicted octanol–water partition coefficient (Wildman–Crippen LogP) is 3.36. The lowest BCUT2D eigenvalue weighted by molar-refractivity contribution is -0.123.